The third-order valence-electron chi connectivity index (χ3n) is 2.17. The van der Waals surface area contributed by atoms with E-state index in [-0.39, 0.29) is 22.3 Å². The lowest BCUT2D eigenvalue weighted by Gasteiger charge is -2.08. The summed E-state index contributed by atoms with van der Waals surface area (Å²) in [7, 11) is -3.82. The average Bonchev–Trinajstić information content (AvgIpc) is 2.34. The molecule has 19 heavy (non-hydrogen) atoms. The fraction of sp³-hybridized carbons (Fsp3) is 0.100. The summed E-state index contributed by atoms with van der Waals surface area (Å²) in [6, 6.07) is 5.50. The molecular formula is C10H9N2O6P. The molecule has 8 nitrogen and oxygen atoms in total. The van der Waals surface area contributed by atoms with Gasteiger partial charge in [0, 0.05) is 18.9 Å². The fourth-order valence-electron chi connectivity index (χ4n) is 1.47. The van der Waals surface area contributed by atoms with Crippen molar-refractivity contribution in [3.63, 3.8) is 0 Å². The Morgan fingerprint density at radius 2 is 2.16 bits per heavy atom. The molecule has 0 aliphatic rings. The zero-order valence-corrected chi connectivity index (χ0v) is 10.6. The van der Waals surface area contributed by atoms with E-state index < -0.39 is 12.5 Å². The Labute approximate surface area is 107 Å². The van der Waals surface area contributed by atoms with Crippen molar-refractivity contribution >= 4 is 24.2 Å². The molecule has 2 aromatic rings. The molecule has 0 saturated carbocycles. The number of nitro benzene ring substituents is 1. The summed E-state index contributed by atoms with van der Waals surface area (Å²) in [4.78, 5) is 28.0. The molecule has 0 bridgehead atoms. The minimum Gasteiger partial charge on any atom is -0.327 e. The highest BCUT2D eigenvalue weighted by Gasteiger charge is 2.18. The number of hydrogen-bond acceptors (Lipinski definition) is 6. The number of aromatic nitrogens is 1. The maximum Gasteiger partial charge on any atom is 0.363 e. The van der Waals surface area contributed by atoms with Gasteiger partial charge >= 0.3 is 7.60 Å². The lowest BCUT2D eigenvalue weighted by molar-refractivity contribution is -0.383. The van der Waals surface area contributed by atoms with Gasteiger partial charge in [-0.25, -0.2) is 0 Å². The molecule has 0 fully saturated rings. The number of pyridine rings is 1. The molecule has 0 amide bonds. The second-order valence-corrected chi connectivity index (χ2v) is 5.46. The van der Waals surface area contributed by atoms with Crippen LogP contribution >= 0.6 is 7.60 Å². The first-order chi connectivity index (χ1) is 8.88. The molecule has 1 heterocycles. The minimum atomic E-state index is -3.82. The van der Waals surface area contributed by atoms with Crippen molar-refractivity contribution in [2.24, 2.45) is 0 Å². The van der Waals surface area contributed by atoms with Crippen molar-refractivity contribution in [2.75, 3.05) is 6.66 Å². The van der Waals surface area contributed by atoms with E-state index in [2.05, 4.69) is 9.66 Å². The van der Waals surface area contributed by atoms with Gasteiger partial charge in [0.15, 0.2) is 5.75 Å². The number of nitrogens with zero attached hydrogens (tertiary/aromatic N) is 2. The van der Waals surface area contributed by atoms with Gasteiger partial charge in [-0.15, -0.1) is 4.67 Å². The Hall–Kier alpha value is -2.02. The first kappa shape index (κ1) is 13.4. The predicted octanol–water partition coefficient (Wildman–Crippen LogP) is 2.27. The van der Waals surface area contributed by atoms with E-state index in [0.717, 1.165) is 6.66 Å². The number of hydrogen-bond donors (Lipinski definition) is 1. The van der Waals surface area contributed by atoms with Gasteiger partial charge in [0.2, 0.25) is 0 Å². The van der Waals surface area contributed by atoms with E-state index >= 15 is 0 Å². The first-order valence-corrected chi connectivity index (χ1v) is 7.09. The molecule has 0 aliphatic heterocycles. The molecule has 0 saturated heterocycles. The Balaban J connectivity index is 2.50. The van der Waals surface area contributed by atoms with Gasteiger partial charge in [-0.05, 0) is 18.2 Å². The van der Waals surface area contributed by atoms with Crippen LogP contribution < -0.4 is 4.89 Å². The highest BCUT2D eigenvalue weighted by molar-refractivity contribution is 7.51. The summed E-state index contributed by atoms with van der Waals surface area (Å²) < 4.78 is 15.3. The number of non-ortho nitro benzene ring substituents is 1. The number of benzene rings is 1. The summed E-state index contributed by atoms with van der Waals surface area (Å²) in [6.45, 7) is 0.952. The van der Waals surface area contributed by atoms with Crippen molar-refractivity contribution in [3.8, 4) is 5.75 Å². The van der Waals surface area contributed by atoms with Crippen LogP contribution in [0.5, 0.6) is 5.75 Å². The maximum atomic E-state index is 11.0. The first-order valence-electron chi connectivity index (χ1n) is 5.07. The maximum absolute atomic E-state index is 11.0. The van der Waals surface area contributed by atoms with Gasteiger partial charge in [0.05, 0.1) is 10.3 Å². The third kappa shape index (κ3) is 3.05. The van der Waals surface area contributed by atoms with Crippen LogP contribution in [-0.4, -0.2) is 21.5 Å². The molecule has 9 heteroatoms. The van der Waals surface area contributed by atoms with Crippen LogP contribution in [0.15, 0.2) is 30.5 Å². The Kier molecular flexibility index (Phi) is 3.48. The van der Waals surface area contributed by atoms with E-state index in [1.165, 1.54) is 30.5 Å². The largest absolute Gasteiger partial charge is 0.363 e. The van der Waals surface area contributed by atoms with Gasteiger partial charge in [0.25, 0.3) is 5.69 Å². The van der Waals surface area contributed by atoms with Crippen molar-refractivity contribution in [1.82, 2.24) is 4.98 Å². The summed E-state index contributed by atoms with van der Waals surface area (Å²) >= 11 is 0. The Bertz CT molecular complexity index is 683. The van der Waals surface area contributed by atoms with E-state index in [1.54, 1.807) is 0 Å². The number of fused-ring (bicyclic) bond motifs is 1. The molecule has 0 spiro atoms. The van der Waals surface area contributed by atoms with Crippen molar-refractivity contribution in [2.45, 2.75) is 0 Å². The van der Waals surface area contributed by atoms with Crippen LogP contribution in [0, 0.1) is 10.1 Å². The second kappa shape index (κ2) is 4.93. The van der Waals surface area contributed by atoms with Gasteiger partial charge < -0.3 is 9.78 Å². The molecular weight excluding hydrogens is 275 g/mol. The van der Waals surface area contributed by atoms with E-state index in [4.69, 9.17) is 9.78 Å². The number of rotatable bonds is 4. The highest BCUT2D eigenvalue weighted by Crippen LogP contribution is 2.39. The topological polar surface area (TPSA) is 112 Å². The minimum absolute atomic E-state index is 0.0253. The predicted molar refractivity (Wildman–Crippen MR) is 65.9 cm³/mol. The molecule has 100 valence electrons. The van der Waals surface area contributed by atoms with Gasteiger partial charge in [-0.2, -0.15) is 0 Å². The zero-order chi connectivity index (χ0) is 14.0. The summed E-state index contributed by atoms with van der Waals surface area (Å²) in [5.74, 6) is 0.0253. The Morgan fingerprint density at radius 3 is 2.79 bits per heavy atom. The molecule has 1 aromatic heterocycles. The molecule has 1 N–H and O–H groups in total. The quantitative estimate of drug-likeness (QED) is 0.396. The smallest absolute Gasteiger partial charge is 0.327 e. The monoisotopic (exact) mass is 284 g/mol. The molecule has 2 rings (SSSR count). The van der Waals surface area contributed by atoms with Gasteiger partial charge in [-0.1, -0.05) is 0 Å². The summed E-state index contributed by atoms with van der Waals surface area (Å²) in [5, 5.41) is 11.1. The highest BCUT2D eigenvalue weighted by atomic mass is 31.2. The third-order valence-corrected chi connectivity index (χ3v) is 2.52. The lowest BCUT2D eigenvalue weighted by Crippen LogP contribution is -1.97. The SMILES string of the molecule is CP(=O)(O)OOc1ccc([N+](=O)[O-])c2cccnc12. The molecule has 1 unspecified atom stereocenters. The Morgan fingerprint density at radius 1 is 1.42 bits per heavy atom. The fourth-order valence-corrected chi connectivity index (χ4v) is 1.69. The molecule has 1 atom stereocenters. The summed E-state index contributed by atoms with van der Waals surface area (Å²) in [6.07, 6.45) is 1.42. The standard InChI is InChI=1S/C10H9N2O6P/c1-19(15,16)18-17-9-5-4-8(12(13)14)7-3-2-6-11-10(7)9/h2-6H,1H3,(H,15,16). The van der Waals surface area contributed by atoms with Crippen LogP contribution in [0.4, 0.5) is 5.69 Å². The second-order valence-electron chi connectivity index (χ2n) is 3.70. The van der Waals surface area contributed by atoms with Crippen LogP contribution in [0.1, 0.15) is 0 Å². The number of nitro groups is 1. The van der Waals surface area contributed by atoms with Crippen molar-refractivity contribution in [3.05, 3.63) is 40.6 Å². The normalized spacial score (nSPS) is 14.0. The van der Waals surface area contributed by atoms with Crippen molar-refractivity contribution in [1.29, 1.82) is 0 Å². The van der Waals surface area contributed by atoms with Crippen LogP contribution in [0.25, 0.3) is 10.9 Å². The van der Waals surface area contributed by atoms with E-state index in [0.29, 0.717) is 0 Å². The molecule has 1 aromatic carbocycles. The van der Waals surface area contributed by atoms with Gasteiger partial charge in [-0.3, -0.25) is 19.7 Å². The van der Waals surface area contributed by atoms with Crippen LogP contribution in [0.3, 0.4) is 0 Å². The lowest BCUT2D eigenvalue weighted by atomic mass is 10.2. The van der Waals surface area contributed by atoms with Crippen LogP contribution in [0.2, 0.25) is 0 Å². The van der Waals surface area contributed by atoms with E-state index in [1.807, 2.05) is 0 Å². The zero-order valence-electron chi connectivity index (χ0n) is 9.72. The average molecular weight is 284 g/mol. The van der Waals surface area contributed by atoms with Gasteiger partial charge in [0.1, 0.15) is 5.52 Å². The van der Waals surface area contributed by atoms with Crippen molar-refractivity contribution < 1.29 is 23.9 Å². The van der Waals surface area contributed by atoms with Crippen LogP contribution in [-0.2, 0) is 9.24 Å². The molecule has 0 radical (unpaired) electrons. The molecule has 0 aliphatic carbocycles. The van der Waals surface area contributed by atoms with E-state index in [9.17, 15) is 14.7 Å². The summed E-state index contributed by atoms with van der Waals surface area (Å²) in [5.41, 5.74) is 0.0317.